The van der Waals surface area contributed by atoms with Gasteiger partial charge >= 0.3 is 0 Å². The van der Waals surface area contributed by atoms with Crippen LogP contribution >= 0.6 is 0 Å². The molecule has 0 heterocycles. The largest absolute Gasteiger partial charge is 0.410 e. The van der Waals surface area contributed by atoms with Gasteiger partial charge in [-0.15, -0.1) is 0 Å². The van der Waals surface area contributed by atoms with Crippen LogP contribution in [0.2, 0.25) is 0 Å². The van der Waals surface area contributed by atoms with E-state index in [1.54, 1.807) is 0 Å². The third kappa shape index (κ3) is 1.30. The molecule has 1 aliphatic rings. The van der Waals surface area contributed by atoms with Crippen LogP contribution in [0, 0.1) is 0 Å². The van der Waals surface area contributed by atoms with Gasteiger partial charge in [-0.2, -0.15) is 0 Å². The summed E-state index contributed by atoms with van der Waals surface area (Å²) >= 11 is 0. The van der Waals surface area contributed by atoms with Crippen molar-refractivity contribution in [3.8, 4) is 0 Å². The van der Waals surface area contributed by atoms with Crippen LogP contribution in [-0.4, -0.2) is 10.9 Å². The second-order valence-corrected chi connectivity index (χ2v) is 3.72. The molecule has 1 aromatic carbocycles. The van der Waals surface area contributed by atoms with E-state index < -0.39 is 0 Å². The Morgan fingerprint density at radius 3 is 2.27 bits per heavy atom. The van der Waals surface area contributed by atoms with Gasteiger partial charge in [0.15, 0.2) is 0 Å². The molecule has 0 saturated heterocycles. The minimum absolute atomic E-state index is 0.649. The van der Waals surface area contributed by atoms with Crippen LogP contribution in [0.25, 0.3) is 5.57 Å². The van der Waals surface area contributed by atoms with Crippen molar-refractivity contribution >= 4 is 11.3 Å². The van der Waals surface area contributed by atoms with E-state index in [1.807, 2.05) is 38.1 Å². The van der Waals surface area contributed by atoms with Crippen LogP contribution in [0.3, 0.4) is 0 Å². The monoisotopic (exact) mass is 199 g/mol. The summed E-state index contributed by atoms with van der Waals surface area (Å²) in [6, 6.07) is 7.85. The summed E-state index contributed by atoms with van der Waals surface area (Å²) in [4.78, 5) is 0. The van der Waals surface area contributed by atoms with Gasteiger partial charge in [-0.1, -0.05) is 36.0 Å². The van der Waals surface area contributed by atoms with E-state index in [0.717, 1.165) is 27.8 Å². The zero-order valence-corrected chi connectivity index (χ0v) is 8.91. The quantitative estimate of drug-likeness (QED) is 0.505. The summed E-state index contributed by atoms with van der Waals surface area (Å²) in [6.07, 6.45) is 0. The maximum atomic E-state index is 9.04. The van der Waals surface area contributed by atoms with Crippen LogP contribution in [0.1, 0.15) is 25.0 Å². The lowest BCUT2D eigenvalue weighted by Gasteiger charge is -2.21. The van der Waals surface area contributed by atoms with Crippen molar-refractivity contribution in [3.63, 3.8) is 0 Å². The molecule has 1 aliphatic carbocycles. The van der Waals surface area contributed by atoms with Gasteiger partial charge in [0, 0.05) is 5.56 Å². The third-order valence-corrected chi connectivity index (χ3v) is 2.98. The fraction of sp³-hybridized carbons (Fsp3) is 0.154. The normalized spacial score (nSPS) is 18.3. The Morgan fingerprint density at radius 2 is 1.67 bits per heavy atom. The predicted octanol–water partition coefficient (Wildman–Crippen LogP) is 3.23. The molecular formula is C13H13NO. The molecule has 2 rings (SSSR count). The molecule has 15 heavy (non-hydrogen) atoms. The maximum Gasteiger partial charge on any atom is 0.113 e. The molecule has 0 unspecified atom stereocenters. The lowest BCUT2D eigenvalue weighted by Crippen LogP contribution is -2.13. The topological polar surface area (TPSA) is 32.6 Å². The Labute approximate surface area is 89.2 Å². The summed E-state index contributed by atoms with van der Waals surface area (Å²) in [6.45, 7) is 8.01. The van der Waals surface area contributed by atoms with E-state index in [1.165, 1.54) is 0 Å². The molecule has 0 spiro atoms. The second kappa shape index (κ2) is 3.39. The molecule has 0 saturated carbocycles. The average molecular weight is 199 g/mol. The Balaban J connectivity index is 2.76. The highest BCUT2D eigenvalue weighted by molar-refractivity contribution is 6.19. The van der Waals surface area contributed by atoms with Crippen molar-refractivity contribution in [1.82, 2.24) is 0 Å². The van der Waals surface area contributed by atoms with E-state index in [2.05, 4.69) is 11.7 Å². The zero-order chi connectivity index (χ0) is 11.0. The second-order valence-electron chi connectivity index (χ2n) is 3.72. The van der Waals surface area contributed by atoms with Crippen LogP contribution in [-0.2, 0) is 0 Å². The van der Waals surface area contributed by atoms with Crippen molar-refractivity contribution in [3.05, 3.63) is 53.1 Å². The predicted molar refractivity (Wildman–Crippen MR) is 62.2 cm³/mol. The molecule has 0 fully saturated rings. The molecule has 0 radical (unpaired) electrons. The highest BCUT2D eigenvalue weighted by atomic mass is 16.4. The van der Waals surface area contributed by atoms with Crippen molar-refractivity contribution in [1.29, 1.82) is 0 Å². The number of oxime groups is 1. The number of benzene rings is 1. The van der Waals surface area contributed by atoms with Gasteiger partial charge in [0.05, 0.1) is 0 Å². The molecule has 76 valence electrons. The van der Waals surface area contributed by atoms with Gasteiger partial charge in [-0.05, 0) is 36.1 Å². The first-order valence-electron chi connectivity index (χ1n) is 4.85. The number of rotatable bonds is 0. The van der Waals surface area contributed by atoms with Crippen LogP contribution in [0.15, 0.2) is 47.1 Å². The summed E-state index contributed by atoms with van der Waals surface area (Å²) < 4.78 is 0. The summed E-state index contributed by atoms with van der Waals surface area (Å²) in [5.74, 6) is 0. The van der Waals surface area contributed by atoms with Gasteiger partial charge in [0.25, 0.3) is 0 Å². The first kappa shape index (κ1) is 9.71. The standard InChI is InChI=1S/C13H13NO/c1-8-9(2)11-6-4-5-7-12(11)13(14-15)10(8)3/h4-7,15H,2H2,1,3H3/b14-13-. The molecule has 0 bridgehead atoms. The highest BCUT2D eigenvalue weighted by Gasteiger charge is 2.21. The van der Waals surface area contributed by atoms with Gasteiger partial charge in [-0.3, -0.25) is 0 Å². The van der Waals surface area contributed by atoms with E-state index in [-0.39, 0.29) is 0 Å². The maximum absolute atomic E-state index is 9.04. The Hall–Kier alpha value is -1.83. The summed E-state index contributed by atoms with van der Waals surface area (Å²) in [7, 11) is 0. The van der Waals surface area contributed by atoms with Crippen molar-refractivity contribution in [2.24, 2.45) is 5.16 Å². The molecule has 0 atom stereocenters. The van der Waals surface area contributed by atoms with Crippen molar-refractivity contribution in [2.75, 3.05) is 0 Å². The molecule has 0 amide bonds. The number of hydrogen-bond donors (Lipinski definition) is 1. The number of nitrogens with zero attached hydrogens (tertiary/aromatic N) is 1. The zero-order valence-electron chi connectivity index (χ0n) is 8.91. The fourth-order valence-corrected chi connectivity index (χ4v) is 1.89. The number of fused-ring (bicyclic) bond motifs is 1. The molecule has 2 heteroatoms. The molecule has 1 aromatic rings. The minimum atomic E-state index is 0.649. The van der Waals surface area contributed by atoms with Gasteiger partial charge in [0.1, 0.15) is 5.71 Å². The van der Waals surface area contributed by atoms with E-state index in [9.17, 15) is 0 Å². The Bertz CT molecular complexity index is 495. The van der Waals surface area contributed by atoms with Gasteiger partial charge in [-0.25, -0.2) is 0 Å². The van der Waals surface area contributed by atoms with Crippen molar-refractivity contribution < 1.29 is 5.21 Å². The first-order chi connectivity index (χ1) is 7.16. The Kier molecular flexibility index (Phi) is 2.19. The van der Waals surface area contributed by atoms with Gasteiger partial charge in [0.2, 0.25) is 0 Å². The summed E-state index contributed by atoms with van der Waals surface area (Å²) in [5.41, 5.74) is 5.73. The average Bonchev–Trinajstić information content (AvgIpc) is 2.27. The van der Waals surface area contributed by atoms with E-state index in [0.29, 0.717) is 5.71 Å². The lowest BCUT2D eigenvalue weighted by molar-refractivity contribution is 0.319. The highest BCUT2D eigenvalue weighted by Crippen LogP contribution is 2.33. The van der Waals surface area contributed by atoms with Gasteiger partial charge < -0.3 is 5.21 Å². The van der Waals surface area contributed by atoms with Crippen LogP contribution in [0.5, 0.6) is 0 Å². The SMILES string of the molecule is C=C1C(C)=C(C)/C(=N/O)c2ccccc21. The van der Waals surface area contributed by atoms with Crippen LogP contribution in [0.4, 0.5) is 0 Å². The lowest BCUT2D eigenvalue weighted by atomic mass is 9.83. The molecule has 2 nitrogen and oxygen atoms in total. The third-order valence-electron chi connectivity index (χ3n) is 2.98. The first-order valence-corrected chi connectivity index (χ1v) is 4.85. The fourth-order valence-electron chi connectivity index (χ4n) is 1.89. The van der Waals surface area contributed by atoms with E-state index >= 15 is 0 Å². The molecule has 1 N–H and O–H groups in total. The Morgan fingerprint density at radius 1 is 1.07 bits per heavy atom. The van der Waals surface area contributed by atoms with Crippen molar-refractivity contribution in [2.45, 2.75) is 13.8 Å². The smallest absolute Gasteiger partial charge is 0.113 e. The number of allylic oxidation sites excluding steroid dienone is 3. The molecular weight excluding hydrogens is 186 g/mol. The van der Waals surface area contributed by atoms with Crippen LogP contribution < -0.4 is 0 Å². The minimum Gasteiger partial charge on any atom is -0.410 e. The van der Waals surface area contributed by atoms with E-state index in [4.69, 9.17) is 5.21 Å². The number of hydrogen-bond acceptors (Lipinski definition) is 2. The molecule has 0 aromatic heterocycles. The summed E-state index contributed by atoms with van der Waals surface area (Å²) in [5, 5.41) is 12.4. The molecule has 0 aliphatic heterocycles.